The number of piperazine rings is 1. The SMILES string of the molecule is CC(C)S(=O)(=O)c1ccc(CC(=O)N2CCN(CCN(C)C)CC2)cc1. The molecule has 0 aliphatic carbocycles. The van der Waals surface area contributed by atoms with Crippen molar-refractivity contribution in [3.63, 3.8) is 0 Å². The monoisotopic (exact) mass is 381 g/mol. The molecule has 26 heavy (non-hydrogen) atoms. The molecule has 1 aliphatic rings. The minimum atomic E-state index is -3.26. The molecule has 1 aromatic carbocycles. The first-order valence-electron chi connectivity index (χ1n) is 9.18. The summed E-state index contributed by atoms with van der Waals surface area (Å²) in [6.45, 7) is 8.73. The highest BCUT2D eigenvalue weighted by atomic mass is 32.2. The molecule has 0 radical (unpaired) electrons. The first kappa shape index (κ1) is 20.9. The lowest BCUT2D eigenvalue weighted by Gasteiger charge is -2.35. The van der Waals surface area contributed by atoms with Gasteiger partial charge in [0.15, 0.2) is 9.84 Å². The standard InChI is InChI=1S/C19H31N3O3S/c1-16(2)26(24,25)18-7-5-17(6-8-18)15-19(23)22-13-11-21(12-14-22)10-9-20(3)4/h5-8,16H,9-15H2,1-4H3. The summed E-state index contributed by atoms with van der Waals surface area (Å²) in [5.74, 6) is 0.108. The first-order valence-corrected chi connectivity index (χ1v) is 10.7. The molecule has 1 aliphatic heterocycles. The Bertz CT molecular complexity index is 691. The Hall–Kier alpha value is -1.44. The number of rotatable bonds is 7. The normalized spacial score (nSPS) is 16.5. The zero-order chi connectivity index (χ0) is 19.3. The van der Waals surface area contributed by atoms with Crippen molar-refractivity contribution in [2.75, 3.05) is 53.4 Å². The van der Waals surface area contributed by atoms with Crippen molar-refractivity contribution >= 4 is 15.7 Å². The first-order chi connectivity index (χ1) is 12.2. The van der Waals surface area contributed by atoms with E-state index < -0.39 is 15.1 Å². The zero-order valence-electron chi connectivity index (χ0n) is 16.3. The van der Waals surface area contributed by atoms with Gasteiger partial charge in [-0.3, -0.25) is 9.69 Å². The van der Waals surface area contributed by atoms with Crippen LogP contribution in [-0.2, 0) is 21.1 Å². The van der Waals surface area contributed by atoms with E-state index in [0.29, 0.717) is 11.3 Å². The molecule has 0 spiro atoms. The van der Waals surface area contributed by atoms with Crippen LogP contribution in [0.5, 0.6) is 0 Å². The molecule has 0 aromatic heterocycles. The van der Waals surface area contributed by atoms with Crippen LogP contribution in [0, 0.1) is 0 Å². The van der Waals surface area contributed by atoms with Gasteiger partial charge in [0.05, 0.1) is 16.6 Å². The number of carbonyl (C=O) groups is 1. The minimum Gasteiger partial charge on any atom is -0.340 e. The zero-order valence-corrected chi connectivity index (χ0v) is 17.1. The van der Waals surface area contributed by atoms with Crippen LogP contribution in [0.25, 0.3) is 0 Å². The summed E-state index contributed by atoms with van der Waals surface area (Å²) >= 11 is 0. The van der Waals surface area contributed by atoms with Crippen molar-refractivity contribution in [2.45, 2.75) is 30.4 Å². The van der Waals surface area contributed by atoms with Crippen LogP contribution in [0.2, 0.25) is 0 Å². The molecule has 0 N–H and O–H groups in total. The van der Waals surface area contributed by atoms with Gasteiger partial charge in [-0.15, -0.1) is 0 Å². The summed E-state index contributed by atoms with van der Waals surface area (Å²) in [6, 6.07) is 6.72. The Morgan fingerprint density at radius 3 is 2.15 bits per heavy atom. The summed E-state index contributed by atoms with van der Waals surface area (Å²) in [5.41, 5.74) is 0.854. The quantitative estimate of drug-likeness (QED) is 0.708. The van der Waals surface area contributed by atoms with Gasteiger partial charge < -0.3 is 9.80 Å². The summed E-state index contributed by atoms with van der Waals surface area (Å²) < 4.78 is 24.3. The second-order valence-corrected chi connectivity index (χ2v) is 9.94. The van der Waals surface area contributed by atoms with Gasteiger partial charge in [0.1, 0.15) is 0 Å². The lowest BCUT2D eigenvalue weighted by atomic mass is 10.1. The molecule has 7 heteroatoms. The topological polar surface area (TPSA) is 60.9 Å². The Balaban J connectivity index is 1.87. The van der Waals surface area contributed by atoms with Crippen LogP contribution >= 0.6 is 0 Å². The van der Waals surface area contributed by atoms with Gasteiger partial charge in [0, 0.05) is 39.3 Å². The number of sulfone groups is 1. The Morgan fingerprint density at radius 2 is 1.65 bits per heavy atom. The van der Waals surface area contributed by atoms with E-state index in [4.69, 9.17) is 0 Å². The molecular weight excluding hydrogens is 350 g/mol. The molecule has 1 heterocycles. The minimum absolute atomic E-state index is 0.108. The van der Waals surface area contributed by atoms with Crippen LogP contribution < -0.4 is 0 Å². The maximum atomic E-state index is 12.5. The van der Waals surface area contributed by atoms with Crippen LogP contribution in [0.4, 0.5) is 0 Å². The van der Waals surface area contributed by atoms with E-state index in [1.54, 1.807) is 38.1 Å². The fourth-order valence-electron chi connectivity index (χ4n) is 2.92. The highest BCUT2D eigenvalue weighted by molar-refractivity contribution is 7.92. The molecule has 0 unspecified atom stereocenters. The van der Waals surface area contributed by atoms with Crippen LogP contribution in [0.1, 0.15) is 19.4 Å². The van der Waals surface area contributed by atoms with E-state index in [-0.39, 0.29) is 5.91 Å². The third-order valence-corrected chi connectivity index (χ3v) is 6.99. The Morgan fingerprint density at radius 1 is 1.08 bits per heavy atom. The largest absolute Gasteiger partial charge is 0.340 e. The number of benzene rings is 1. The van der Waals surface area contributed by atoms with Gasteiger partial charge in [0.25, 0.3) is 0 Å². The number of hydrogen-bond acceptors (Lipinski definition) is 5. The summed E-state index contributed by atoms with van der Waals surface area (Å²) in [4.78, 5) is 19.3. The third kappa shape index (κ3) is 5.53. The lowest BCUT2D eigenvalue weighted by molar-refractivity contribution is -0.132. The number of nitrogens with zero attached hydrogens (tertiary/aromatic N) is 3. The van der Waals surface area contributed by atoms with Crippen LogP contribution in [0.15, 0.2) is 29.2 Å². The number of hydrogen-bond donors (Lipinski definition) is 0. The van der Waals surface area contributed by atoms with E-state index in [2.05, 4.69) is 23.9 Å². The maximum absolute atomic E-state index is 12.5. The number of likely N-dealkylation sites (N-methyl/N-ethyl adjacent to an activating group) is 1. The second kappa shape index (κ2) is 8.97. The van der Waals surface area contributed by atoms with Crippen LogP contribution in [0.3, 0.4) is 0 Å². The molecule has 1 saturated heterocycles. The van der Waals surface area contributed by atoms with E-state index in [9.17, 15) is 13.2 Å². The molecule has 1 fully saturated rings. The molecule has 1 amide bonds. The van der Waals surface area contributed by atoms with Crippen molar-refractivity contribution in [3.8, 4) is 0 Å². The van der Waals surface area contributed by atoms with E-state index >= 15 is 0 Å². The smallest absolute Gasteiger partial charge is 0.227 e. The molecule has 0 saturated carbocycles. The van der Waals surface area contributed by atoms with Gasteiger partial charge >= 0.3 is 0 Å². The lowest BCUT2D eigenvalue weighted by Crippen LogP contribution is -2.50. The number of carbonyl (C=O) groups excluding carboxylic acids is 1. The summed E-state index contributed by atoms with van der Waals surface area (Å²) in [6.07, 6.45) is 0.319. The van der Waals surface area contributed by atoms with E-state index in [0.717, 1.165) is 44.8 Å². The average molecular weight is 382 g/mol. The van der Waals surface area contributed by atoms with Gasteiger partial charge in [-0.2, -0.15) is 0 Å². The van der Waals surface area contributed by atoms with Gasteiger partial charge in [-0.1, -0.05) is 12.1 Å². The van der Waals surface area contributed by atoms with Gasteiger partial charge in [0.2, 0.25) is 5.91 Å². The maximum Gasteiger partial charge on any atom is 0.227 e. The van der Waals surface area contributed by atoms with Crippen molar-refractivity contribution in [3.05, 3.63) is 29.8 Å². The third-order valence-electron chi connectivity index (χ3n) is 4.82. The predicted octanol–water partition coefficient (Wildman–Crippen LogP) is 1.12. The summed E-state index contributed by atoms with van der Waals surface area (Å²) in [7, 11) is 0.869. The molecule has 0 bridgehead atoms. The van der Waals surface area contributed by atoms with Crippen molar-refractivity contribution in [1.29, 1.82) is 0 Å². The fraction of sp³-hybridized carbons (Fsp3) is 0.632. The summed E-state index contributed by atoms with van der Waals surface area (Å²) in [5, 5.41) is -0.446. The molecule has 146 valence electrons. The second-order valence-electron chi connectivity index (χ2n) is 7.44. The van der Waals surface area contributed by atoms with E-state index in [1.807, 2.05) is 4.90 Å². The van der Waals surface area contributed by atoms with Crippen LogP contribution in [-0.4, -0.2) is 87.6 Å². The number of amides is 1. The van der Waals surface area contributed by atoms with E-state index in [1.165, 1.54) is 0 Å². The highest BCUT2D eigenvalue weighted by Crippen LogP contribution is 2.17. The molecule has 2 rings (SSSR count). The van der Waals surface area contributed by atoms with Crippen molar-refractivity contribution in [1.82, 2.24) is 14.7 Å². The molecule has 6 nitrogen and oxygen atoms in total. The predicted molar refractivity (Wildman–Crippen MR) is 104 cm³/mol. The van der Waals surface area contributed by atoms with Gasteiger partial charge in [-0.05, 0) is 45.6 Å². The Kier molecular flexibility index (Phi) is 7.20. The fourth-order valence-corrected chi connectivity index (χ4v) is 3.98. The molecular formula is C19H31N3O3S. The molecule has 1 aromatic rings. The van der Waals surface area contributed by atoms with Crippen molar-refractivity contribution < 1.29 is 13.2 Å². The average Bonchev–Trinajstić information content (AvgIpc) is 2.60. The van der Waals surface area contributed by atoms with Gasteiger partial charge in [-0.25, -0.2) is 8.42 Å². The highest BCUT2D eigenvalue weighted by Gasteiger charge is 2.22. The molecule has 0 atom stereocenters. The Labute approximate surface area is 157 Å². The van der Waals surface area contributed by atoms with Crippen molar-refractivity contribution in [2.24, 2.45) is 0 Å².